The van der Waals surface area contributed by atoms with Crippen molar-refractivity contribution in [3.8, 4) is 0 Å². The Morgan fingerprint density at radius 1 is 1.59 bits per heavy atom. The van der Waals surface area contributed by atoms with E-state index in [1.807, 2.05) is 22.8 Å². The maximum absolute atomic E-state index is 10.6. The van der Waals surface area contributed by atoms with Crippen LogP contribution in [0.5, 0.6) is 0 Å². The van der Waals surface area contributed by atoms with E-state index in [0.717, 1.165) is 15.5 Å². The highest BCUT2D eigenvalue weighted by Gasteiger charge is 2.04. The number of nitrogens with two attached hydrogens (primary N) is 1. The van der Waals surface area contributed by atoms with Crippen molar-refractivity contribution in [3.63, 3.8) is 0 Å². The molecule has 0 radical (unpaired) electrons. The van der Waals surface area contributed by atoms with Gasteiger partial charge in [-0.25, -0.2) is 4.79 Å². The Morgan fingerprint density at radius 3 is 3.06 bits per heavy atom. The molecule has 4 N–H and O–H groups in total. The molecule has 2 amide bonds. The highest BCUT2D eigenvalue weighted by atomic mass is 79.9. The minimum atomic E-state index is -0.530. The summed E-state index contributed by atoms with van der Waals surface area (Å²) in [6.07, 6.45) is 0. The molecular weight excluding hydrogens is 304 g/mol. The summed E-state index contributed by atoms with van der Waals surface area (Å²) in [5.41, 5.74) is 6.97. The van der Waals surface area contributed by atoms with Crippen LogP contribution in [-0.2, 0) is 6.54 Å². The Morgan fingerprint density at radius 2 is 2.35 bits per heavy atom. The van der Waals surface area contributed by atoms with Crippen LogP contribution in [0.15, 0.2) is 22.7 Å². The topological polar surface area (TPSA) is 75.8 Å². The van der Waals surface area contributed by atoms with Gasteiger partial charge < -0.3 is 20.6 Å². The zero-order chi connectivity index (χ0) is 12.4. The lowest BCUT2D eigenvalue weighted by Gasteiger charge is -2.05. The van der Waals surface area contributed by atoms with Crippen molar-refractivity contribution in [2.75, 3.05) is 6.54 Å². The summed E-state index contributed by atoms with van der Waals surface area (Å²) in [7, 11) is 0. The molecule has 0 aliphatic carbocycles. The smallest absolute Gasteiger partial charge is 0.312 e. The third-order valence-electron chi connectivity index (χ3n) is 2.37. The van der Waals surface area contributed by atoms with Gasteiger partial charge in [-0.05, 0) is 30.4 Å². The van der Waals surface area contributed by atoms with Crippen LogP contribution in [0.2, 0.25) is 0 Å². The molecule has 0 bridgehead atoms. The lowest BCUT2D eigenvalue weighted by Crippen LogP contribution is -2.32. The van der Waals surface area contributed by atoms with Crippen LogP contribution in [0.1, 0.15) is 0 Å². The second-order valence-electron chi connectivity index (χ2n) is 3.53. The first kappa shape index (κ1) is 12.1. The predicted molar refractivity (Wildman–Crippen MR) is 72.4 cm³/mol. The van der Waals surface area contributed by atoms with Crippen LogP contribution in [0.3, 0.4) is 0 Å². The van der Waals surface area contributed by atoms with Gasteiger partial charge in [0.1, 0.15) is 0 Å². The lowest BCUT2D eigenvalue weighted by atomic mass is 10.3. The molecule has 2 aromatic rings. The first-order valence-electron chi connectivity index (χ1n) is 4.99. The molecule has 1 aromatic heterocycles. The number of aromatic nitrogens is 2. The molecule has 1 heterocycles. The number of imidazole rings is 1. The van der Waals surface area contributed by atoms with Crippen LogP contribution >= 0.6 is 28.1 Å². The number of H-pyrrole nitrogens is 1. The summed E-state index contributed by atoms with van der Waals surface area (Å²) in [6.45, 7) is 1.03. The summed E-state index contributed by atoms with van der Waals surface area (Å²) >= 11 is 8.64. The number of amides is 2. The van der Waals surface area contributed by atoms with Gasteiger partial charge in [0.15, 0.2) is 4.77 Å². The van der Waals surface area contributed by atoms with Crippen molar-refractivity contribution in [1.82, 2.24) is 14.9 Å². The summed E-state index contributed by atoms with van der Waals surface area (Å²) in [4.78, 5) is 13.7. The van der Waals surface area contributed by atoms with Crippen molar-refractivity contribution in [1.29, 1.82) is 0 Å². The monoisotopic (exact) mass is 314 g/mol. The summed E-state index contributed by atoms with van der Waals surface area (Å²) in [6, 6.07) is 5.34. The third kappa shape index (κ3) is 2.67. The van der Waals surface area contributed by atoms with Crippen LogP contribution in [0, 0.1) is 4.77 Å². The van der Waals surface area contributed by atoms with Crippen molar-refractivity contribution < 1.29 is 4.79 Å². The van der Waals surface area contributed by atoms with E-state index in [-0.39, 0.29) is 0 Å². The molecule has 0 saturated carbocycles. The molecule has 0 aliphatic heterocycles. The fourth-order valence-corrected chi connectivity index (χ4v) is 2.29. The summed E-state index contributed by atoms with van der Waals surface area (Å²) in [5.74, 6) is 0. The summed E-state index contributed by atoms with van der Waals surface area (Å²) in [5, 5.41) is 2.54. The molecule has 0 aliphatic rings. The quantitative estimate of drug-likeness (QED) is 0.759. The number of urea groups is 1. The average Bonchev–Trinajstić information content (AvgIpc) is 2.55. The maximum atomic E-state index is 10.6. The number of benzene rings is 1. The lowest BCUT2D eigenvalue weighted by molar-refractivity contribution is 0.248. The third-order valence-corrected chi connectivity index (χ3v) is 3.19. The van der Waals surface area contributed by atoms with Gasteiger partial charge in [0.2, 0.25) is 0 Å². The first-order valence-corrected chi connectivity index (χ1v) is 6.19. The normalized spacial score (nSPS) is 10.6. The van der Waals surface area contributed by atoms with E-state index in [1.165, 1.54) is 0 Å². The van der Waals surface area contributed by atoms with Gasteiger partial charge >= 0.3 is 6.03 Å². The molecule has 5 nitrogen and oxygen atoms in total. The molecule has 0 unspecified atom stereocenters. The van der Waals surface area contributed by atoms with Gasteiger partial charge in [0, 0.05) is 17.6 Å². The Kier molecular flexibility index (Phi) is 3.49. The second kappa shape index (κ2) is 4.89. The van der Waals surface area contributed by atoms with Crippen LogP contribution in [0.4, 0.5) is 4.79 Å². The molecule has 2 rings (SSSR count). The van der Waals surface area contributed by atoms with E-state index in [9.17, 15) is 4.79 Å². The molecule has 1 aromatic carbocycles. The molecule has 0 saturated heterocycles. The average molecular weight is 315 g/mol. The highest BCUT2D eigenvalue weighted by Crippen LogP contribution is 2.19. The van der Waals surface area contributed by atoms with Crippen LogP contribution in [0.25, 0.3) is 11.0 Å². The molecule has 0 spiro atoms. The molecule has 90 valence electrons. The number of nitrogens with zero attached hydrogens (tertiary/aromatic N) is 1. The van der Waals surface area contributed by atoms with E-state index < -0.39 is 6.03 Å². The number of fused-ring (bicyclic) bond motifs is 1. The number of nitrogens with one attached hydrogen (secondary N) is 2. The minimum absolute atomic E-state index is 0.448. The fraction of sp³-hybridized carbons (Fsp3) is 0.200. The Hall–Kier alpha value is -1.34. The summed E-state index contributed by atoms with van der Waals surface area (Å²) < 4.78 is 3.53. The van der Waals surface area contributed by atoms with Gasteiger partial charge in [-0.15, -0.1) is 0 Å². The molecular formula is C10H11BrN4OS. The maximum Gasteiger partial charge on any atom is 0.312 e. The van der Waals surface area contributed by atoms with E-state index >= 15 is 0 Å². The molecule has 17 heavy (non-hydrogen) atoms. The Balaban J connectivity index is 2.32. The van der Waals surface area contributed by atoms with Gasteiger partial charge in [0.05, 0.1) is 11.0 Å². The fourth-order valence-electron chi connectivity index (χ4n) is 1.64. The van der Waals surface area contributed by atoms with Crippen LogP contribution in [-0.4, -0.2) is 22.1 Å². The van der Waals surface area contributed by atoms with E-state index in [0.29, 0.717) is 17.9 Å². The number of hydrogen-bond donors (Lipinski definition) is 3. The zero-order valence-corrected chi connectivity index (χ0v) is 11.3. The van der Waals surface area contributed by atoms with Gasteiger partial charge in [0.25, 0.3) is 0 Å². The van der Waals surface area contributed by atoms with Crippen molar-refractivity contribution in [2.24, 2.45) is 5.73 Å². The molecule has 0 atom stereocenters. The predicted octanol–water partition coefficient (Wildman–Crippen LogP) is 2.13. The Bertz CT molecular complexity index is 618. The van der Waals surface area contributed by atoms with E-state index in [4.69, 9.17) is 18.0 Å². The number of aromatic amines is 1. The van der Waals surface area contributed by atoms with Gasteiger partial charge in [-0.3, -0.25) is 0 Å². The van der Waals surface area contributed by atoms with Gasteiger partial charge in [-0.2, -0.15) is 0 Å². The van der Waals surface area contributed by atoms with E-state index in [1.54, 1.807) is 0 Å². The number of carbonyl (C=O) groups is 1. The molecule has 7 heteroatoms. The van der Waals surface area contributed by atoms with Crippen LogP contribution < -0.4 is 11.1 Å². The standard InChI is InChI=1S/C10H11BrN4OS/c11-6-1-2-7-8(5-6)15(10(17)14-7)4-3-13-9(12)16/h1-2,5H,3-4H2,(H,14,17)(H3,12,13,16). The number of halogens is 1. The first-order chi connectivity index (χ1) is 8.08. The van der Waals surface area contributed by atoms with Crippen molar-refractivity contribution in [2.45, 2.75) is 6.54 Å². The number of primary amides is 1. The highest BCUT2D eigenvalue weighted by molar-refractivity contribution is 9.10. The number of rotatable bonds is 3. The van der Waals surface area contributed by atoms with Crippen molar-refractivity contribution in [3.05, 3.63) is 27.4 Å². The van der Waals surface area contributed by atoms with Crippen molar-refractivity contribution >= 4 is 45.2 Å². The minimum Gasteiger partial charge on any atom is -0.352 e. The number of carbonyl (C=O) groups excluding carboxylic acids is 1. The Labute approximate surface area is 111 Å². The van der Waals surface area contributed by atoms with E-state index in [2.05, 4.69) is 26.2 Å². The van der Waals surface area contributed by atoms with Gasteiger partial charge in [-0.1, -0.05) is 15.9 Å². The zero-order valence-electron chi connectivity index (χ0n) is 8.87. The number of hydrogen-bond acceptors (Lipinski definition) is 2. The second-order valence-corrected chi connectivity index (χ2v) is 4.84. The largest absolute Gasteiger partial charge is 0.352 e. The SMILES string of the molecule is NC(=O)NCCn1c(=S)[nH]c2ccc(Br)cc21. The molecule has 0 fully saturated rings.